The van der Waals surface area contributed by atoms with Crippen molar-refractivity contribution in [1.82, 2.24) is 4.90 Å². The van der Waals surface area contributed by atoms with E-state index in [4.69, 9.17) is 5.73 Å². The van der Waals surface area contributed by atoms with Crippen LogP contribution in [0.2, 0.25) is 0 Å². The van der Waals surface area contributed by atoms with E-state index in [1.54, 1.807) is 0 Å². The van der Waals surface area contributed by atoms with Crippen LogP contribution < -0.4 is 5.73 Å². The Bertz CT molecular complexity index is 399. The minimum atomic E-state index is 0.206. The maximum atomic E-state index is 12.2. The first-order chi connectivity index (χ1) is 8.40. The Morgan fingerprint density at radius 2 is 1.94 bits per heavy atom. The molecular formula is C15H24N2O. The van der Waals surface area contributed by atoms with Crippen molar-refractivity contribution in [3.63, 3.8) is 0 Å². The van der Waals surface area contributed by atoms with Gasteiger partial charge < -0.3 is 10.6 Å². The summed E-state index contributed by atoms with van der Waals surface area (Å²) in [4.78, 5) is 14.1. The molecular weight excluding hydrogens is 224 g/mol. The number of carbonyl (C=O) groups excluding carboxylic acids is 1. The molecule has 0 atom stereocenters. The molecule has 0 aliphatic rings. The molecule has 0 spiro atoms. The molecule has 0 unspecified atom stereocenters. The summed E-state index contributed by atoms with van der Waals surface area (Å²) in [6.07, 6.45) is 0.598. The van der Waals surface area contributed by atoms with Gasteiger partial charge in [0.1, 0.15) is 0 Å². The summed E-state index contributed by atoms with van der Waals surface area (Å²) in [6, 6.07) is 7.93. The van der Waals surface area contributed by atoms with Gasteiger partial charge in [-0.2, -0.15) is 0 Å². The third-order valence-corrected chi connectivity index (χ3v) is 2.83. The molecule has 100 valence electrons. The third kappa shape index (κ3) is 4.40. The first-order valence-corrected chi connectivity index (χ1v) is 6.54. The lowest BCUT2D eigenvalue weighted by Crippen LogP contribution is -2.36. The van der Waals surface area contributed by atoms with E-state index in [2.05, 4.69) is 13.8 Å². The van der Waals surface area contributed by atoms with Crippen LogP contribution in [0.5, 0.6) is 0 Å². The first kappa shape index (κ1) is 14.6. The number of carbonyl (C=O) groups is 1. The van der Waals surface area contributed by atoms with Crippen LogP contribution in [0.15, 0.2) is 24.3 Å². The smallest absolute Gasteiger partial charge is 0.223 e. The second-order valence-corrected chi connectivity index (χ2v) is 5.46. The van der Waals surface area contributed by atoms with Crippen LogP contribution in [-0.4, -0.2) is 16.8 Å². The van der Waals surface area contributed by atoms with E-state index in [0.717, 1.165) is 11.3 Å². The molecule has 3 heteroatoms. The van der Waals surface area contributed by atoms with Crippen molar-refractivity contribution < 1.29 is 4.79 Å². The van der Waals surface area contributed by atoms with Crippen molar-refractivity contribution in [3.8, 4) is 0 Å². The van der Waals surface area contributed by atoms with Crippen molar-refractivity contribution >= 4 is 11.6 Å². The molecule has 1 aromatic rings. The summed E-state index contributed by atoms with van der Waals surface area (Å²) < 4.78 is 0. The van der Waals surface area contributed by atoms with Gasteiger partial charge in [0.15, 0.2) is 0 Å². The summed E-state index contributed by atoms with van der Waals surface area (Å²) in [5, 5.41) is 0. The molecule has 0 aliphatic heterocycles. The molecule has 1 rings (SSSR count). The monoisotopic (exact) mass is 248 g/mol. The van der Waals surface area contributed by atoms with Gasteiger partial charge in [-0.25, -0.2) is 0 Å². The van der Waals surface area contributed by atoms with Gasteiger partial charge in [-0.05, 0) is 37.5 Å². The van der Waals surface area contributed by atoms with Gasteiger partial charge in [-0.1, -0.05) is 26.0 Å². The Balaban J connectivity index is 2.77. The fourth-order valence-electron chi connectivity index (χ4n) is 1.91. The number of amides is 1. The standard InChI is InChI=1S/C15H24N2O/c1-11(2)8-15(18)17(12(3)4)10-13-6-5-7-14(16)9-13/h5-7,9,11-12H,8,10,16H2,1-4H3. The van der Waals surface area contributed by atoms with Gasteiger partial charge in [0.25, 0.3) is 0 Å². The molecule has 2 N–H and O–H groups in total. The van der Waals surface area contributed by atoms with Crippen LogP contribution in [0.3, 0.4) is 0 Å². The highest BCUT2D eigenvalue weighted by atomic mass is 16.2. The van der Waals surface area contributed by atoms with Crippen LogP contribution in [0.4, 0.5) is 5.69 Å². The quantitative estimate of drug-likeness (QED) is 0.814. The minimum Gasteiger partial charge on any atom is -0.399 e. The summed E-state index contributed by atoms with van der Waals surface area (Å²) in [5.41, 5.74) is 7.59. The number of nitrogens with two attached hydrogens (primary N) is 1. The van der Waals surface area contributed by atoms with Gasteiger partial charge in [-0.15, -0.1) is 0 Å². The summed E-state index contributed by atoms with van der Waals surface area (Å²) in [6.45, 7) is 8.86. The topological polar surface area (TPSA) is 46.3 Å². The molecule has 0 saturated carbocycles. The molecule has 0 aromatic heterocycles. The van der Waals surface area contributed by atoms with E-state index in [9.17, 15) is 4.79 Å². The lowest BCUT2D eigenvalue weighted by atomic mass is 10.1. The lowest BCUT2D eigenvalue weighted by molar-refractivity contribution is -0.134. The highest BCUT2D eigenvalue weighted by Crippen LogP contribution is 2.14. The Hall–Kier alpha value is -1.51. The summed E-state index contributed by atoms with van der Waals surface area (Å²) >= 11 is 0. The molecule has 0 fully saturated rings. The van der Waals surface area contributed by atoms with Crippen molar-refractivity contribution in [2.45, 2.75) is 46.7 Å². The maximum absolute atomic E-state index is 12.2. The zero-order chi connectivity index (χ0) is 13.7. The van der Waals surface area contributed by atoms with Crippen molar-refractivity contribution in [2.75, 3.05) is 5.73 Å². The molecule has 0 aliphatic carbocycles. The number of nitrogen functional groups attached to an aromatic ring is 1. The van der Waals surface area contributed by atoms with Crippen LogP contribution >= 0.6 is 0 Å². The van der Waals surface area contributed by atoms with Gasteiger partial charge in [0, 0.05) is 24.7 Å². The van der Waals surface area contributed by atoms with Crippen molar-refractivity contribution in [3.05, 3.63) is 29.8 Å². The average molecular weight is 248 g/mol. The van der Waals surface area contributed by atoms with E-state index < -0.39 is 0 Å². The average Bonchev–Trinajstić information content (AvgIpc) is 2.24. The van der Waals surface area contributed by atoms with Crippen LogP contribution in [0, 0.1) is 5.92 Å². The minimum absolute atomic E-state index is 0.206. The van der Waals surface area contributed by atoms with E-state index in [1.165, 1.54) is 0 Å². The van der Waals surface area contributed by atoms with E-state index in [1.807, 2.05) is 43.0 Å². The van der Waals surface area contributed by atoms with Crippen LogP contribution in [0.25, 0.3) is 0 Å². The zero-order valence-corrected chi connectivity index (χ0v) is 11.8. The van der Waals surface area contributed by atoms with E-state index >= 15 is 0 Å². The van der Waals surface area contributed by atoms with Gasteiger partial charge >= 0.3 is 0 Å². The Morgan fingerprint density at radius 3 is 2.44 bits per heavy atom. The number of benzene rings is 1. The first-order valence-electron chi connectivity index (χ1n) is 6.54. The lowest BCUT2D eigenvalue weighted by Gasteiger charge is -2.27. The predicted molar refractivity (Wildman–Crippen MR) is 76.0 cm³/mol. The molecule has 3 nitrogen and oxygen atoms in total. The number of anilines is 1. The normalized spacial score (nSPS) is 11.0. The van der Waals surface area contributed by atoms with Gasteiger partial charge in [-0.3, -0.25) is 4.79 Å². The van der Waals surface area contributed by atoms with Crippen LogP contribution in [0.1, 0.15) is 39.7 Å². The van der Waals surface area contributed by atoms with E-state index in [-0.39, 0.29) is 11.9 Å². The Kier molecular flexibility index (Phi) is 5.20. The highest BCUT2D eigenvalue weighted by Gasteiger charge is 2.18. The number of hydrogen-bond acceptors (Lipinski definition) is 2. The van der Waals surface area contributed by atoms with Crippen molar-refractivity contribution in [1.29, 1.82) is 0 Å². The second-order valence-electron chi connectivity index (χ2n) is 5.46. The highest BCUT2D eigenvalue weighted by molar-refractivity contribution is 5.76. The van der Waals surface area contributed by atoms with Crippen LogP contribution in [-0.2, 0) is 11.3 Å². The Labute approximate surface area is 110 Å². The molecule has 0 radical (unpaired) electrons. The molecule has 0 bridgehead atoms. The van der Waals surface area contributed by atoms with Gasteiger partial charge in [0.2, 0.25) is 5.91 Å². The van der Waals surface area contributed by atoms with Crippen molar-refractivity contribution in [2.24, 2.45) is 5.92 Å². The Morgan fingerprint density at radius 1 is 1.28 bits per heavy atom. The number of rotatable bonds is 5. The molecule has 1 aromatic carbocycles. The fraction of sp³-hybridized carbons (Fsp3) is 0.533. The number of nitrogens with zero attached hydrogens (tertiary/aromatic N) is 1. The third-order valence-electron chi connectivity index (χ3n) is 2.83. The van der Waals surface area contributed by atoms with E-state index in [0.29, 0.717) is 18.9 Å². The summed E-state index contributed by atoms with van der Waals surface area (Å²) in [5.74, 6) is 0.599. The molecule has 0 saturated heterocycles. The predicted octanol–water partition coefficient (Wildman–Crippen LogP) is 3.05. The molecule has 18 heavy (non-hydrogen) atoms. The zero-order valence-electron chi connectivity index (χ0n) is 11.8. The molecule has 1 amide bonds. The second kappa shape index (κ2) is 6.43. The molecule has 0 heterocycles. The fourth-order valence-corrected chi connectivity index (χ4v) is 1.91. The maximum Gasteiger partial charge on any atom is 0.223 e. The largest absolute Gasteiger partial charge is 0.399 e. The van der Waals surface area contributed by atoms with Gasteiger partial charge in [0.05, 0.1) is 0 Å². The summed E-state index contributed by atoms with van der Waals surface area (Å²) in [7, 11) is 0. The SMILES string of the molecule is CC(C)CC(=O)N(Cc1cccc(N)c1)C(C)C. The number of hydrogen-bond donors (Lipinski definition) is 1.